The molecule has 0 radical (unpaired) electrons. The molecule has 0 aromatic heterocycles. The van der Waals surface area contributed by atoms with E-state index < -0.39 is 0 Å². The van der Waals surface area contributed by atoms with Gasteiger partial charge in [-0.3, -0.25) is 4.79 Å². The van der Waals surface area contributed by atoms with E-state index in [0.29, 0.717) is 23.3 Å². The molecule has 3 rings (SSSR count). The molecule has 0 spiro atoms. The molecule has 2 aliphatic rings. The maximum atomic E-state index is 12.0. The first-order chi connectivity index (χ1) is 10.1. The lowest BCUT2D eigenvalue weighted by molar-refractivity contribution is 0.0955. The molecule has 0 saturated heterocycles. The van der Waals surface area contributed by atoms with Crippen molar-refractivity contribution >= 4 is 12.1 Å². The monoisotopic (exact) mass is 282 g/mol. The van der Waals surface area contributed by atoms with E-state index in [1.165, 1.54) is 18.4 Å². The lowest BCUT2D eigenvalue weighted by Gasteiger charge is -2.12. The number of carbonyl (C=O) groups excluding carboxylic acids is 1. The molecule has 3 unspecified atom stereocenters. The number of rotatable bonds is 4. The molecule has 2 aliphatic carbocycles. The van der Waals surface area contributed by atoms with E-state index in [-0.39, 0.29) is 5.91 Å². The van der Waals surface area contributed by atoms with Gasteiger partial charge in [-0.05, 0) is 48.3 Å². The molecule has 2 bridgehead atoms. The van der Waals surface area contributed by atoms with E-state index >= 15 is 0 Å². The Bertz CT molecular complexity index is 571. The third kappa shape index (κ3) is 3.07. The average molecular weight is 282 g/mol. The van der Waals surface area contributed by atoms with Gasteiger partial charge in [0.1, 0.15) is 0 Å². The minimum atomic E-state index is -0.139. The summed E-state index contributed by atoms with van der Waals surface area (Å²) in [5.41, 5.74) is 4.54. The van der Waals surface area contributed by atoms with Crippen LogP contribution in [0.5, 0.6) is 0 Å². The summed E-state index contributed by atoms with van der Waals surface area (Å²) in [4.78, 5) is 12.0. The lowest BCUT2D eigenvalue weighted by atomic mass is 9.95. The molecule has 1 N–H and O–H groups in total. The third-order valence-electron chi connectivity index (χ3n) is 4.60. The molecule has 1 aromatic rings. The van der Waals surface area contributed by atoms with E-state index in [1.54, 1.807) is 0 Å². The Balaban J connectivity index is 1.55. The number of hydrogen-bond acceptors (Lipinski definition) is 2. The highest BCUT2D eigenvalue weighted by molar-refractivity contribution is 5.94. The average Bonchev–Trinajstić information content (AvgIpc) is 3.10. The maximum Gasteiger partial charge on any atom is 0.271 e. The van der Waals surface area contributed by atoms with Crippen LogP contribution in [0.25, 0.3) is 0 Å². The van der Waals surface area contributed by atoms with Crippen LogP contribution in [-0.2, 0) is 0 Å². The Morgan fingerprint density at radius 3 is 2.57 bits per heavy atom. The summed E-state index contributed by atoms with van der Waals surface area (Å²) < 4.78 is 0. The number of hydrogen-bond donors (Lipinski definition) is 1. The highest BCUT2D eigenvalue weighted by Crippen LogP contribution is 2.42. The van der Waals surface area contributed by atoms with Gasteiger partial charge in [-0.15, -0.1) is 0 Å². The van der Waals surface area contributed by atoms with E-state index in [1.807, 2.05) is 30.5 Å². The normalized spacial score (nSPS) is 26.9. The Morgan fingerprint density at radius 1 is 1.24 bits per heavy atom. The predicted molar refractivity (Wildman–Crippen MR) is 85.3 cm³/mol. The first kappa shape index (κ1) is 14.1. The van der Waals surface area contributed by atoms with Crippen molar-refractivity contribution in [3.8, 4) is 0 Å². The van der Waals surface area contributed by atoms with Crippen molar-refractivity contribution in [3.63, 3.8) is 0 Å². The van der Waals surface area contributed by atoms with Gasteiger partial charge in [-0.2, -0.15) is 5.10 Å². The van der Waals surface area contributed by atoms with Crippen LogP contribution >= 0.6 is 0 Å². The number of benzene rings is 1. The number of hydrazone groups is 1. The van der Waals surface area contributed by atoms with Crippen LogP contribution in [0.3, 0.4) is 0 Å². The van der Waals surface area contributed by atoms with Gasteiger partial charge >= 0.3 is 0 Å². The van der Waals surface area contributed by atoms with E-state index in [2.05, 4.69) is 36.5 Å². The SMILES string of the molecule is CC(C)c1ccc(C(=O)NN=CC2CC3C=CC2C3)cc1. The second kappa shape index (κ2) is 5.84. The molecule has 3 heteroatoms. The molecule has 3 nitrogen and oxygen atoms in total. The summed E-state index contributed by atoms with van der Waals surface area (Å²) in [5.74, 6) is 2.18. The largest absolute Gasteiger partial charge is 0.271 e. The van der Waals surface area contributed by atoms with E-state index in [9.17, 15) is 4.79 Å². The summed E-state index contributed by atoms with van der Waals surface area (Å²) in [6.45, 7) is 4.28. The van der Waals surface area contributed by atoms with Gasteiger partial charge in [-0.25, -0.2) is 5.43 Å². The Kier molecular flexibility index (Phi) is 3.91. The number of fused-ring (bicyclic) bond motifs is 2. The Hall–Kier alpha value is -1.90. The molecule has 1 amide bonds. The van der Waals surface area contributed by atoms with Crippen LogP contribution in [0.4, 0.5) is 0 Å². The summed E-state index contributed by atoms with van der Waals surface area (Å²) in [5, 5.41) is 4.15. The number of nitrogens with one attached hydrogen (secondary N) is 1. The Morgan fingerprint density at radius 2 is 2.00 bits per heavy atom. The molecule has 1 aromatic carbocycles. The third-order valence-corrected chi connectivity index (χ3v) is 4.60. The fourth-order valence-electron chi connectivity index (χ4n) is 3.27. The smallest absolute Gasteiger partial charge is 0.267 e. The van der Waals surface area contributed by atoms with Crippen LogP contribution < -0.4 is 5.43 Å². The van der Waals surface area contributed by atoms with Crippen LogP contribution in [0.1, 0.15) is 48.5 Å². The van der Waals surface area contributed by atoms with Crippen molar-refractivity contribution in [3.05, 3.63) is 47.5 Å². The molecule has 21 heavy (non-hydrogen) atoms. The summed E-state index contributed by atoms with van der Waals surface area (Å²) in [6, 6.07) is 7.73. The predicted octanol–water partition coefficient (Wildman–Crippen LogP) is 3.74. The van der Waals surface area contributed by atoms with Gasteiger partial charge in [0.2, 0.25) is 0 Å². The van der Waals surface area contributed by atoms with Crippen molar-refractivity contribution in [1.82, 2.24) is 5.43 Å². The zero-order chi connectivity index (χ0) is 14.8. The fraction of sp³-hybridized carbons (Fsp3) is 0.444. The fourth-order valence-corrected chi connectivity index (χ4v) is 3.27. The number of allylic oxidation sites excluding steroid dienone is 2. The van der Waals surface area contributed by atoms with Crippen LogP contribution in [0.2, 0.25) is 0 Å². The minimum absolute atomic E-state index is 0.139. The van der Waals surface area contributed by atoms with Crippen molar-refractivity contribution in [2.75, 3.05) is 0 Å². The topological polar surface area (TPSA) is 41.5 Å². The molecule has 1 fully saturated rings. The highest BCUT2D eigenvalue weighted by Gasteiger charge is 2.34. The van der Waals surface area contributed by atoms with Gasteiger partial charge in [-0.1, -0.05) is 38.1 Å². The van der Waals surface area contributed by atoms with E-state index in [4.69, 9.17) is 0 Å². The zero-order valence-corrected chi connectivity index (χ0v) is 12.6. The highest BCUT2D eigenvalue weighted by atomic mass is 16.2. The first-order valence-electron chi connectivity index (χ1n) is 7.75. The maximum absolute atomic E-state index is 12.0. The van der Waals surface area contributed by atoms with Crippen molar-refractivity contribution < 1.29 is 4.79 Å². The second-order valence-corrected chi connectivity index (χ2v) is 6.44. The van der Waals surface area contributed by atoms with E-state index in [0.717, 1.165) is 5.92 Å². The number of amides is 1. The number of nitrogens with zero attached hydrogens (tertiary/aromatic N) is 1. The molecular formula is C18H22N2O. The zero-order valence-electron chi connectivity index (χ0n) is 12.6. The molecule has 1 saturated carbocycles. The Labute approximate surface area is 126 Å². The van der Waals surface area contributed by atoms with Gasteiger partial charge in [0.15, 0.2) is 0 Å². The van der Waals surface area contributed by atoms with Crippen molar-refractivity contribution in [2.24, 2.45) is 22.9 Å². The first-order valence-corrected chi connectivity index (χ1v) is 7.75. The van der Waals surface area contributed by atoms with Gasteiger partial charge in [0, 0.05) is 17.7 Å². The summed E-state index contributed by atoms with van der Waals surface area (Å²) in [7, 11) is 0. The standard InChI is InChI=1S/C18H22N2O/c1-12(2)14-5-7-15(8-6-14)18(21)20-19-11-17-10-13-3-4-16(17)9-13/h3-8,11-13,16-17H,9-10H2,1-2H3,(H,20,21). The molecule has 110 valence electrons. The van der Waals surface area contributed by atoms with Crippen LogP contribution in [-0.4, -0.2) is 12.1 Å². The number of carbonyl (C=O) groups is 1. The molecule has 0 aliphatic heterocycles. The quantitative estimate of drug-likeness (QED) is 0.510. The van der Waals surface area contributed by atoms with Gasteiger partial charge < -0.3 is 0 Å². The van der Waals surface area contributed by atoms with Crippen LogP contribution in [0.15, 0.2) is 41.5 Å². The van der Waals surface area contributed by atoms with Crippen molar-refractivity contribution in [2.45, 2.75) is 32.6 Å². The van der Waals surface area contributed by atoms with Crippen LogP contribution in [0, 0.1) is 17.8 Å². The molecule has 0 heterocycles. The molecule has 3 atom stereocenters. The van der Waals surface area contributed by atoms with Gasteiger partial charge in [0.25, 0.3) is 5.91 Å². The second-order valence-electron chi connectivity index (χ2n) is 6.44. The lowest BCUT2D eigenvalue weighted by Crippen LogP contribution is -2.19. The minimum Gasteiger partial charge on any atom is -0.267 e. The summed E-state index contributed by atoms with van der Waals surface area (Å²) >= 11 is 0. The summed E-state index contributed by atoms with van der Waals surface area (Å²) in [6.07, 6.45) is 8.93. The molecular weight excluding hydrogens is 260 g/mol. The van der Waals surface area contributed by atoms with Gasteiger partial charge in [0.05, 0.1) is 0 Å². The van der Waals surface area contributed by atoms with Crippen molar-refractivity contribution in [1.29, 1.82) is 0 Å².